The Balaban J connectivity index is 2.16. The first-order valence-corrected chi connectivity index (χ1v) is 8.47. The number of hydrogen-bond donors (Lipinski definition) is 1. The summed E-state index contributed by atoms with van der Waals surface area (Å²) in [5, 5.41) is 3.11. The zero-order chi connectivity index (χ0) is 19.1. The van der Waals surface area contributed by atoms with Gasteiger partial charge in [0.15, 0.2) is 0 Å². The van der Waals surface area contributed by atoms with Crippen molar-refractivity contribution in [2.75, 3.05) is 30.5 Å². The van der Waals surface area contributed by atoms with Crippen LogP contribution >= 0.6 is 11.6 Å². The third-order valence-corrected chi connectivity index (χ3v) is 3.87. The van der Waals surface area contributed by atoms with Crippen LogP contribution in [0.25, 0.3) is 0 Å². The molecule has 2 rings (SSSR count). The van der Waals surface area contributed by atoms with Crippen molar-refractivity contribution in [2.45, 2.75) is 13.8 Å². The summed E-state index contributed by atoms with van der Waals surface area (Å²) in [7, 11) is 1.51. The Morgan fingerprint density at radius 3 is 2.50 bits per heavy atom. The number of amides is 2. The first-order chi connectivity index (χ1) is 12.5. The van der Waals surface area contributed by atoms with Crippen LogP contribution in [0, 0.1) is 0 Å². The number of rotatable bonds is 7. The molecule has 6 nitrogen and oxygen atoms in total. The molecular formula is C19H21ClN2O4. The molecule has 2 aromatic carbocycles. The minimum absolute atomic E-state index is 0.150. The summed E-state index contributed by atoms with van der Waals surface area (Å²) in [5.74, 6) is 0.443. The quantitative estimate of drug-likeness (QED) is 0.799. The highest BCUT2D eigenvalue weighted by atomic mass is 35.5. The van der Waals surface area contributed by atoms with Gasteiger partial charge in [-0.15, -0.1) is 0 Å². The molecule has 0 radical (unpaired) electrons. The van der Waals surface area contributed by atoms with Gasteiger partial charge in [-0.3, -0.25) is 14.5 Å². The molecule has 2 aromatic rings. The molecule has 138 valence electrons. The van der Waals surface area contributed by atoms with E-state index < -0.39 is 0 Å². The van der Waals surface area contributed by atoms with Crippen molar-refractivity contribution in [1.29, 1.82) is 0 Å². The molecule has 0 unspecified atom stereocenters. The fourth-order valence-electron chi connectivity index (χ4n) is 2.41. The van der Waals surface area contributed by atoms with Crippen molar-refractivity contribution in [1.82, 2.24) is 0 Å². The Bertz CT molecular complexity index is 795. The van der Waals surface area contributed by atoms with E-state index in [0.29, 0.717) is 34.5 Å². The Labute approximate surface area is 157 Å². The number of ether oxygens (including phenoxy) is 2. The van der Waals surface area contributed by atoms with E-state index in [4.69, 9.17) is 21.1 Å². The fourth-order valence-corrected chi connectivity index (χ4v) is 2.67. The summed E-state index contributed by atoms with van der Waals surface area (Å²) in [6.07, 6.45) is 0. The maximum absolute atomic E-state index is 12.4. The molecule has 0 aliphatic carbocycles. The number of carbonyl (C=O) groups excluding carboxylic acids is 2. The lowest BCUT2D eigenvalue weighted by molar-refractivity contribution is -0.120. The minimum Gasteiger partial charge on any atom is -0.495 e. The van der Waals surface area contributed by atoms with Crippen LogP contribution in [0.15, 0.2) is 42.5 Å². The fraction of sp³-hybridized carbons (Fsp3) is 0.263. The van der Waals surface area contributed by atoms with Gasteiger partial charge in [-0.1, -0.05) is 23.7 Å². The Kier molecular flexibility index (Phi) is 6.86. The van der Waals surface area contributed by atoms with E-state index in [9.17, 15) is 9.59 Å². The van der Waals surface area contributed by atoms with Crippen molar-refractivity contribution in [2.24, 2.45) is 0 Å². The summed E-state index contributed by atoms with van der Waals surface area (Å²) in [5.41, 5.74) is 1.06. The minimum atomic E-state index is -0.354. The molecule has 2 amide bonds. The van der Waals surface area contributed by atoms with Crippen LogP contribution in [-0.4, -0.2) is 32.1 Å². The zero-order valence-corrected chi connectivity index (χ0v) is 15.7. The number of hydrogen-bond acceptors (Lipinski definition) is 4. The van der Waals surface area contributed by atoms with Gasteiger partial charge in [0.1, 0.15) is 18.0 Å². The van der Waals surface area contributed by atoms with Crippen molar-refractivity contribution in [3.05, 3.63) is 47.5 Å². The van der Waals surface area contributed by atoms with Crippen molar-refractivity contribution < 1.29 is 19.1 Å². The van der Waals surface area contributed by atoms with E-state index in [1.54, 1.807) is 36.4 Å². The van der Waals surface area contributed by atoms with Gasteiger partial charge in [-0.25, -0.2) is 0 Å². The molecule has 26 heavy (non-hydrogen) atoms. The monoisotopic (exact) mass is 376 g/mol. The predicted molar refractivity (Wildman–Crippen MR) is 102 cm³/mol. The van der Waals surface area contributed by atoms with E-state index in [0.717, 1.165) is 0 Å². The average molecular weight is 377 g/mol. The SMILES string of the molecule is CCOc1ccccc1N(CC(=O)Nc1ccc(OC)c(Cl)c1)C(C)=O. The van der Waals surface area contributed by atoms with E-state index in [1.165, 1.54) is 18.9 Å². The van der Waals surface area contributed by atoms with E-state index in [1.807, 2.05) is 13.0 Å². The molecule has 0 bridgehead atoms. The molecule has 0 aromatic heterocycles. The second-order valence-corrected chi connectivity index (χ2v) is 5.81. The zero-order valence-electron chi connectivity index (χ0n) is 14.9. The largest absolute Gasteiger partial charge is 0.495 e. The number of nitrogens with one attached hydrogen (secondary N) is 1. The molecule has 0 aliphatic rings. The van der Waals surface area contributed by atoms with E-state index in [2.05, 4.69) is 5.32 Å². The maximum atomic E-state index is 12.4. The molecule has 0 spiro atoms. The molecule has 7 heteroatoms. The molecule has 0 atom stereocenters. The molecule has 0 saturated heterocycles. The number of benzene rings is 2. The summed E-state index contributed by atoms with van der Waals surface area (Å²) < 4.78 is 10.6. The predicted octanol–water partition coefficient (Wildman–Crippen LogP) is 3.74. The number of methoxy groups -OCH3 is 1. The highest BCUT2D eigenvalue weighted by Crippen LogP contribution is 2.29. The number of carbonyl (C=O) groups is 2. The molecule has 0 saturated carbocycles. The number of para-hydroxylation sites is 2. The lowest BCUT2D eigenvalue weighted by Gasteiger charge is -2.23. The summed E-state index contributed by atoms with van der Waals surface area (Å²) >= 11 is 6.06. The van der Waals surface area contributed by atoms with Crippen molar-refractivity contribution in [3.63, 3.8) is 0 Å². The smallest absolute Gasteiger partial charge is 0.244 e. The third-order valence-electron chi connectivity index (χ3n) is 3.57. The van der Waals surface area contributed by atoms with E-state index >= 15 is 0 Å². The first kappa shape index (κ1) is 19.6. The molecule has 1 N–H and O–H groups in total. The van der Waals surface area contributed by atoms with Crippen LogP contribution < -0.4 is 19.7 Å². The maximum Gasteiger partial charge on any atom is 0.244 e. The van der Waals surface area contributed by atoms with Gasteiger partial charge in [-0.05, 0) is 37.3 Å². The Morgan fingerprint density at radius 1 is 1.15 bits per heavy atom. The van der Waals surface area contributed by atoms with Gasteiger partial charge in [0.2, 0.25) is 11.8 Å². The third kappa shape index (κ3) is 4.89. The van der Waals surface area contributed by atoms with Gasteiger partial charge in [0, 0.05) is 12.6 Å². The van der Waals surface area contributed by atoms with Gasteiger partial charge < -0.3 is 14.8 Å². The lowest BCUT2D eigenvalue weighted by Crippen LogP contribution is -2.37. The standard InChI is InChI=1S/C19H21ClN2O4/c1-4-26-18-8-6-5-7-16(18)22(13(2)23)12-19(24)21-14-9-10-17(25-3)15(20)11-14/h5-11H,4,12H2,1-3H3,(H,21,24). The number of halogens is 1. The summed E-state index contributed by atoms with van der Waals surface area (Å²) in [4.78, 5) is 25.9. The normalized spacial score (nSPS) is 10.2. The number of anilines is 2. The average Bonchev–Trinajstić information content (AvgIpc) is 2.60. The van der Waals surface area contributed by atoms with Crippen LogP contribution in [0.1, 0.15) is 13.8 Å². The van der Waals surface area contributed by atoms with Crippen molar-refractivity contribution >= 4 is 34.8 Å². The first-order valence-electron chi connectivity index (χ1n) is 8.09. The highest BCUT2D eigenvalue weighted by molar-refractivity contribution is 6.32. The summed E-state index contributed by atoms with van der Waals surface area (Å²) in [6, 6.07) is 12.0. The van der Waals surface area contributed by atoms with Crippen LogP contribution in [0.2, 0.25) is 5.02 Å². The van der Waals surface area contributed by atoms with E-state index in [-0.39, 0.29) is 18.4 Å². The topological polar surface area (TPSA) is 67.9 Å². The number of nitrogens with zero attached hydrogens (tertiary/aromatic N) is 1. The van der Waals surface area contributed by atoms with Gasteiger partial charge in [0.05, 0.1) is 24.4 Å². The van der Waals surface area contributed by atoms with Crippen molar-refractivity contribution in [3.8, 4) is 11.5 Å². The van der Waals surface area contributed by atoms with Crippen LogP contribution in [-0.2, 0) is 9.59 Å². The van der Waals surface area contributed by atoms with Gasteiger partial charge >= 0.3 is 0 Å². The second-order valence-electron chi connectivity index (χ2n) is 5.40. The Hall–Kier alpha value is -2.73. The van der Waals surface area contributed by atoms with Gasteiger partial charge in [-0.2, -0.15) is 0 Å². The van der Waals surface area contributed by atoms with Crippen LogP contribution in [0.3, 0.4) is 0 Å². The lowest BCUT2D eigenvalue weighted by atomic mass is 10.2. The van der Waals surface area contributed by atoms with Crippen LogP contribution in [0.4, 0.5) is 11.4 Å². The van der Waals surface area contributed by atoms with Gasteiger partial charge in [0.25, 0.3) is 0 Å². The Morgan fingerprint density at radius 2 is 1.88 bits per heavy atom. The second kappa shape index (κ2) is 9.10. The molecule has 0 heterocycles. The molecule has 0 aliphatic heterocycles. The summed E-state index contributed by atoms with van der Waals surface area (Å²) in [6.45, 7) is 3.57. The highest BCUT2D eigenvalue weighted by Gasteiger charge is 2.19. The molecule has 0 fully saturated rings. The molecular weight excluding hydrogens is 356 g/mol. The van der Waals surface area contributed by atoms with Crippen LogP contribution in [0.5, 0.6) is 11.5 Å².